The summed E-state index contributed by atoms with van der Waals surface area (Å²) < 4.78 is 5.51. The van der Waals surface area contributed by atoms with Gasteiger partial charge in [0.15, 0.2) is 0 Å². The van der Waals surface area contributed by atoms with E-state index in [1.165, 1.54) is 32.1 Å². The number of hydrogen-bond donors (Lipinski definition) is 2. The van der Waals surface area contributed by atoms with Gasteiger partial charge in [-0.25, -0.2) is 10.5 Å². The molecule has 1 amide bonds. The lowest BCUT2D eigenvalue weighted by Crippen LogP contribution is -2.21. The SMILES string of the molecule is CN(C)c1cc(-c2noc([C@H](CCCC3CCCCC3)CC(=O)NO)n2)ccn1. The number of carbonyl (C=O) groups excluding carboxylic acids is 1. The molecule has 2 aromatic heterocycles. The van der Waals surface area contributed by atoms with E-state index < -0.39 is 5.91 Å². The third-order valence-corrected chi connectivity index (χ3v) is 5.70. The molecule has 1 saturated carbocycles. The zero-order chi connectivity index (χ0) is 20.6. The van der Waals surface area contributed by atoms with E-state index in [4.69, 9.17) is 9.73 Å². The molecule has 158 valence electrons. The molecular formula is C21H31N5O3. The minimum atomic E-state index is -0.439. The number of pyridine rings is 1. The van der Waals surface area contributed by atoms with Crippen molar-refractivity contribution >= 4 is 11.7 Å². The molecule has 1 atom stereocenters. The summed E-state index contributed by atoms with van der Waals surface area (Å²) in [5.74, 6) is 1.86. The largest absolute Gasteiger partial charge is 0.363 e. The molecule has 0 aromatic carbocycles. The molecule has 8 heteroatoms. The number of amides is 1. The number of rotatable bonds is 9. The zero-order valence-electron chi connectivity index (χ0n) is 17.3. The summed E-state index contributed by atoms with van der Waals surface area (Å²) in [7, 11) is 3.84. The van der Waals surface area contributed by atoms with E-state index in [9.17, 15) is 4.79 Å². The second-order valence-corrected chi connectivity index (χ2v) is 8.12. The van der Waals surface area contributed by atoms with Gasteiger partial charge in [0, 0.05) is 38.2 Å². The third kappa shape index (κ3) is 6.00. The highest BCUT2D eigenvalue weighted by Crippen LogP contribution is 2.31. The molecule has 1 aliphatic carbocycles. The minimum Gasteiger partial charge on any atom is -0.363 e. The van der Waals surface area contributed by atoms with Crippen molar-refractivity contribution in [1.82, 2.24) is 20.6 Å². The van der Waals surface area contributed by atoms with Gasteiger partial charge in [0.2, 0.25) is 17.6 Å². The van der Waals surface area contributed by atoms with Gasteiger partial charge in [-0.15, -0.1) is 0 Å². The number of nitrogens with one attached hydrogen (secondary N) is 1. The lowest BCUT2D eigenvalue weighted by Gasteiger charge is -2.22. The topological polar surface area (TPSA) is 104 Å². The van der Waals surface area contributed by atoms with Gasteiger partial charge in [-0.2, -0.15) is 4.98 Å². The van der Waals surface area contributed by atoms with Crippen molar-refractivity contribution in [1.29, 1.82) is 0 Å². The molecule has 1 aliphatic rings. The van der Waals surface area contributed by atoms with Crippen LogP contribution in [-0.4, -0.2) is 40.3 Å². The molecule has 8 nitrogen and oxygen atoms in total. The van der Waals surface area contributed by atoms with Gasteiger partial charge in [-0.1, -0.05) is 50.1 Å². The molecule has 2 heterocycles. The molecule has 1 fully saturated rings. The van der Waals surface area contributed by atoms with Crippen molar-refractivity contribution in [2.24, 2.45) is 5.92 Å². The first-order chi connectivity index (χ1) is 14.1. The van der Waals surface area contributed by atoms with Gasteiger partial charge < -0.3 is 9.42 Å². The Morgan fingerprint density at radius 3 is 2.86 bits per heavy atom. The Balaban J connectivity index is 1.68. The van der Waals surface area contributed by atoms with E-state index in [2.05, 4.69) is 15.1 Å². The molecule has 3 rings (SSSR count). The first-order valence-electron chi connectivity index (χ1n) is 10.5. The number of aromatic nitrogens is 3. The quantitative estimate of drug-likeness (QED) is 0.484. The second-order valence-electron chi connectivity index (χ2n) is 8.12. The summed E-state index contributed by atoms with van der Waals surface area (Å²) in [4.78, 5) is 22.5. The van der Waals surface area contributed by atoms with Crippen LogP contribution in [0.3, 0.4) is 0 Å². The summed E-state index contributed by atoms with van der Waals surface area (Å²) in [6.07, 6.45) is 11.4. The Labute approximate surface area is 171 Å². The Morgan fingerprint density at radius 2 is 2.14 bits per heavy atom. The fourth-order valence-corrected chi connectivity index (χ4v) is 4.03. The molecular weight excluding hydrogens is 370 g/mol. The highest BCUT2D eigenvalue weighted by atomic mass is 16.5. The molecule has 0 spiro atoms. The van der Waals surface area contributed by atoms with Crippen LogP contribution in [0.5, 0.6) is 0 Å². The van der Waals surface area contributed by atoms with Gasteiger partial charge in [-0.3, -0.25) is 10.0 Å². The van der Waals surface area contributed by atoms with Crippen LogP contribution in [0, 0.1) is 5.92 Å². The maximum Gasteiger partial charge on any atom is 0.244 e. The fourth-order valence-electron chi connectivity index (χ4n) is 4.03. The van der Waals surface area contributed by atoms with Crippen molar-refractivity contribution in [2.45, 2.75) is 63.7 Å². The summed E-state index contributed by atoms with van der Waals surface area (Å²) in [5.41, 5.74) is 2.53. The summed E-state index contributed by atoms with van der Waals surface area (Å²) >= 11 is 0. The van der Waals surface area contributed by atoms with E-state index in [0.717, 1.165) is 36.6 Å². The van der Waals surface area contributed by atoms with E-state index in [1.807, 2.05) is 31.1 Å². The molecule has 0 saturated heterocycles. The van der Waals surface area contributed by atoms with Crippen LogP contribution < -0.4 is 10.4 Å². The fraction of sp³-hybridized carbons (Fsp3) is 0.619. The summed E-state index contributed by atoms with van der Waals surface area (Å²) in [5, 5.41) is 13.1. The van der Waals surface area contributed by atoms with E-state index >= 15 is 0 Å². The lowest BCUT2D eigenvalue weighted by molar-refractivity contribution is -0.129. The predicted molar refractivity (Wildman–Crippen MR) is 110 cm³/mol. The minimum absolute atomic E-state index is 0.127. The molecule has 0 radical (unpaired) electrons. The highest BCUT2D eigenvalue weighted by molar-refractivity contribution is 5.75. The Morgan fingerprint density at radius 1 is 1.34 bits per heavy atom. The Kier molecular flexibility index (Phi) is 7.57. The van der Waals surface area contributed by atoms with Gasteiger partial charge >= 0.3 is 0 Å². The normalized spacial score (nSPS) is 15.8. The smallest absolute Gasteiger partial charge is 0.244 e. The van der Waals surface area contributed by atoms with Gasteiger partial charge in [0.1, 0.15) is 5.82 Å². The van der Waals surface area contributed by atoms with Crippen molar-refractivity contribution in [3.05, 3.63) is 24.2 Å². The van der Waals surface area contributed by atoms with E-state index in [-0.39, 0.29) is 12.3 Å². The molecule has 0 aliphatic heterocycles. The monoisotopic (exact) mass is 401 g/mol. The number of anilines is 1. The number of hydroxylamine groups is 1. The van der Waals surface area contributed by atoms with Crippen LogP contribution in [0.15, 0.2) is 22.9 Å². The van der Waals surface area contributed by atoms with E-state index in [1.54, 1.807) is 11.7 Å². The van der Waals surface area contributed by atoms with Crippen molar-refractivity contribution in [3.8, 4) is 11.4 Å². The highest BCUT2D eigenvalue weighted by Gasteiger charge is 2.23. The first kappa shape index (κ1) is 21.2. The van der Waals surface area contributed by atoms with Crippen LogP contribution >= 0.6 is 0 Å². The summed E-state index contributed by atoms with van der Waals surface area (Å²) in [6, 6.07) is 3.73. The molecule has 2 N–H and O–H groups in total. The predicted octanol–water partition coefficient (Wildman–Crippen LogP) is 3.93. The molecule has 0 unspecified atom stereocenters. The number of carbonyl (C=O) groups is 1. The van der Waals surface area contributed by atoms with Crippen molar-refractivity contribution in [2.75, 3.05) is 19.0 Å². The zero-order valence-corrected chi connectivity index (χ0v) is 17.3. The Hall–Kier alpha value is -2.48. The first-order valence-corrected chi connectivity index (χ1v) is 10.5. The van der Waals surface area contributed by atoms with E-state index in [0.29, 0.717) is 11.7 Å². The standard InChI is InChI=1S/C21H31N5O3/c1-26(2)18-13-16(11-12-22-18)20-23-21(29-25-20)17(14-19(27)24-28)10-6-9-15-7-4-3-5-8-15/h11-13,15,17,28H,3-10,14H2,1-2H3,(H,24,27)/t17-/m1/s1. The average Bonchev–Trinajstić information content (AvgIpc) is 3.24. The number of nitrogens with zero attached hydrogens (tertiary/aromatic N) is 4. The maximum atomic E-state index is 11.8. The van der Waals surface area contributed by atoms with Crippen molar-refractivity contribution < 1.29 is 14.5 Å². The van der Waals surface area contributed by atoms with Crippen LogP contribution in [0.2, 0.25) is 0 Å². The molecule has 29 heavy (non-hydrogen) atoms. The van der Waals surface area contributed by atoms with Gasteiger partial charge in [0.05, 0.1) is 0 Å². The van der Waals surface area contributed by atoms with Gasteiger partial charge in [0.25, 0.3) is 0 Å². The molecule has 2 aromatic rings. The number of hydrogen-bond acceptors (Lipinski definition) is 7. The average molecular weight is 402 g/mol. The van der Waals surface area contributed by atoms with Crippen LogP contribution in [0.4, 0.5) is 5.82 Å². The second kappa shape index (κ2) is 10.3. The van der Waals surface area contributed by atoms with Crippen molar-refractivity contribution in [3.63, 3.8) is 0 Å². The molecule has 0 bridgehead atoms. The maximum absolute atomic E-state index is 11.8. The van der Waals surface area contributed by atoms with Crippen LogP contribution in [0.1, 0.15) is 69.6 Å². The van der Waals surface area contributed by atoms with Gasteiger partial charge in [-0.05, 0) is 24.5 Å². The Bertz CT molecular complexity index is 786. The lowest BCUT2D eigenvalue weighted by atomic mass is 9.84. The van der Waals surface area contributed by atoms with Crippen LogP contribution in [-0.2, 0) is 4.79 Å². The summed E-state index contributed by atoms with van der Waals surface area (Å²) in [6.45, 7) is 0. The van der Waals surface area contributed by atoms with Crippen LogP contribution in [0.25, 0.3) is 11.4 Å². The third-order valence-electron chi connectivity index (χ3n) is 5.70.